The van der Waals surface area contributed by atoms with Gasteiger partial charge in [0.05, 0.1) is 10.4 Å². The number of carboxylic acid groups (broad SMARTS) is 1. The van der Waals surface area contributed by atoms with Crippen LogP contribution in [0, 0.1) is 6.92 Å². The van der Waals surface area contributed by atoms with Crippen LogP contribution in [0.2, 0.25) is 5.02 Å². The summed E-state index contributed by atoms with van der Waals surface area (Å²) in [5.41, 5.74) is 1.93. The van der Waals surface area contributed by atoms with Gasteiger partial charge in [0, 0.05) is 0 Å². The van der Waals surface area contributed by atoms with Crippen molar-refractivity contribution < 1.29 is 14.6 Å². The zero-order chi connectivity index (χ0) is 17.2. The molecule has 2 aromatic carbocycles. The van der Waals surface area contributed by atoms with Crippen LogP contribution in [-0.4, -0.2) is 11.1 Å². The molecular weight excluding hydrogens is 324 g/mol. The number of hydrogen-bond acceptors (Lipinski definition) is 2. The highest BCUT2D eigenvalue weighted by molar-refractivity contribution is 6.32. The Labute approximate surface area is 147 Å². The Bertz CT molecular complexity index is 711. The van der Waals surface area contributed by atoms with E-state index in [1.807, 2.05) is 43.3 Å². The second-order valence-corrected chi connectivity index (χ2v) is 6.88. The van der Waals surface area contributed by atoms with Gasteiger partial charge in [-0.25, -0.2) is 0 Å². The first-order valence-electron chi connectivity index (χ1n) is 8.24. The normalized spacial score (nSPS) is 16.1. The summed E-state index contributed by atoms with van der Waals surface area (Å²) in [4.78, 5) is 11.9. The summed E-state index contributed by atoms with van der Waals surface area (Å²) in [5, 5.41) is 10.2. The fourth-order valence-electron chi connectivity index (χ4n) is 3.52. The van der Waals surface area contributed by atoms with Gasteiger partial charge in [0.25, 0.3) is 0 Å². The molecule has 0 unspecified atom stereocenters. The van der Waals surface area contributed by atoms with E-state index in [-0.39, 0.29) is 0 Å². The largest absolute Gasteiger partial charge is 0.487 e. The van der Waals surface area contributed by atoms with Crippen molar-refractivity contribution in [2.24, 2.45) is 0 Å². The molecule has 0 spiro atoms. The van der Waals surface area contributed by atoms with E-state index in [1.165, 1.54) is 0 Å². The lowest BCUT2D eigenvalue weighted by molar-refractivity contribution is -0.143. The minimum Gasteiger partial charge on any atom is -0.487 e. The molecular formula is C20H21ClO3. The number of hydrogen-bond donors (Lipinski definition) is 1. The van der Waals surface area contributed by atoms with Crippen LogP contribution in [0.3, 0.4) is 0 Å². The lowest BCUT2D eigenvalue weighted by Gasteiger charge is -2.26. The van der Waals surface area contributed by atoms with Crippen molar-refractivity contribution in [2.45, 2.75) is 44.6 Å². The fraction of sp³-hybridized carbons (Fsp3) is 0.350. The van der Waals surface area contributed by atoms with Crippen molar-refractivity contribution in [1.29, 1.82) is 0 Å². The molecule has 3 nitrogen and oxygen atoms in total. The van der Waals surface area contributed by atoms with E-state index >= 15 is 0 Å². The molecule has 126 valence electrons. The van der Waals surface area contributed by atoms with Gasteiger partial charge in [-0.1, -0.05) is 60.8 Å². The Morgan fingerprint density at radius 2 is 1.88 bits per heavy atom. The third kappa shape index (κ3) is 3.13. The molecule has 1 saturated carbocycles. The van der Waals surface area contributed by atoms with Gasteiger partial charge in [-0.2, -0.15) is 0 Å². The van der Waals surface area contributed by atoms with Crippen LogP contribution in [-0.2, 0) is 16.8 Å². The van der Waals surface area contributed by atoms with E-state index in [2.05, 4.69) is 0 Å². The number of aryl methyl sites for hydroxylation is 1. The molecule has 2 aromatic rings. The number of ether oxygens (including phenoxy) is 1. The van der Waals surface area contributed by atoms with Crippen LogP contribution >= 0.6 is 11.6 Å². The van der Waals surface area contributed by atoms with Gasteiger partial charge >= 0.3 is 5.97 Å². The van der Waals surface area contributed by atoms with E-state index < -0.39 is 11.4 Å². The number of halogens is 1. The highest BCUT2D eigenvalue weighted by atomic mass is 35.5. The monoisotopic (exact) mass is 344 g/mol. The highest BCUT2D eigenvalue weighted by Gasteiger charge is 2.43. The van der Waals surface area contributed by atoms with Crippen molar-refractivity contribution in [3.8, 4) is 5.75 Å². The van der Waals surface area contributed by atoms with Crippen LogP contribution in [0.1, 0.15) is 42.4 Å². The van der Waals surface area contributed by atoms with Crippen molar-refractivity contribution in [3.05, 3.63) is 64.2 Å². The molecule has 1 aliphatic rings. The van der Waals surface area contributed by atoms with Gasteiger partial charge in [0.1, 0.15) is 12.4 Å². The Kier molecular flexibility index (Phi) is 4.81. The quantitative estimate of drug-likeness (QED) is 0.818. The van der Waals surface area contributed by atoms with Crippen molar-refractivity contribution >= 4 is 17.6 Å². The summed E-state index contributed by atoms with van der Waals surface area (Å²) < 4.78 is 5.89. The number of carbonyl (C=O) groups is 1. The summed E-state index contributed by atoms with van der Waals surface area (Å²) in [7, 11) is 0. The van der Waals surface area contributed by atoms with E-state index in [9.17, 15) is 9.90 Å². The minimum absolute atomic E-state index is 0.435. The Morgan fingerprint density at radius 1 is 1.21 bits per heavy atom. The van der Waals surface area contributed by atoms with E-state index in [0.717, 1.165) is 29.5 Å². The van der Waals surface area contributed by atoms with Gasteiger partial charge in [0.15, 0.2) is 0 Å². The molecule has 3 rings (SSSR count). The predicted molar refractivity (Wildman–Crippen MR) is 94.7 cm³/mol. The first-order valence-corrected chi connectivity index (χ1v) is 8.61. The average molecular weight is 345 g/mol. The second kappa shape index (κ2) is 6.86. The lowest BCUT2D eigenvalue weighted by atomic mass is 9.78. The molecule has 4 heteroatoms. The molecule has 0 aromatic heterocycles. The summed E-state index contributed by atoms with van der Waals surface area (Å²) >= 11 is 6.43. The zero-order valence-electron chi connectivity index (χ0n) is 13.7. The number of benzene rings is 2. The molecule has 24 heavy (non-hydrogen) atoms. The van der Waals surface area contributed by atoms with Gasteiger partial charge < -0.3 is 9.84 Å². The zero-order valence-corrected chi connectivity index (χ0v) is 14.5. The van der Waals surface area contributed by atoms with Gasteiger partial charge in [-0.05, 0) is 42.5 Å². The summed E-state index contributed by atoms with van der Waals surface area (Å²) in [6.45, 7) is 2.35. The Balaban J connectivity index is 1.87. The number of aliphatic carboxylic acids is 1. The Morgan fingerprint density at radius 3 is 2.46 bits per heavy atom. The Hall–Kier alpha value is -2.00. The van der Waals surface area contributed by atoms with Crippen molar-refractivity contribution in [1.82, 2.24) is 0 Å². The van der Waals surface area contributed by atoms with E-state index in [0.29, 0.717) is 30.2 Å². The van der Waals surface area contributed by atoms with Crippen LogP contribution in [0.4, 0.5) is 0 Å². The second-order valence-electron chi connectivity index (χ2n) is 6.47. The predicted octanol–water partition coefficient (Wildman–Crippen LogP) is 5.12. The maximum atomic E-state index is 11.9. The third-order valence-corrected chi connectivity index (χ3v) is 5.16. The van der Waals surface area contributed by atoms with Crippen LogP contribution in [0.25, 0.3) is 0 Å². The summed E-state index contributed by atoms with van der Waals surface area (Å²) in [6.07, 6.45) is 3.22. The number of rotatable bonds is 5. The lowest BCUT2D eigenvalue weighted by Crippen LogP contribution is -2.32. The van der Waals surface area contributed by atoms with Crippen molar-refractivity contribution in [2.75, 3.05) is 0 Å². The van der Waals surface area contributed by atoms with Gasteiger partial charge in [-0.15, -0.1) is 0 Å². The average Bonchev–Trinajstić information content (AvgIpc) is 3.06. The van der Waals surface area contributed by atoms with E-state index in [4.69, 9.17) is 16.3 Å². The molecule has 1 fully saturated rings. The molecule has 0 atom stereocenters. The highest BCUT2D eigenvalue weighted by Crippen LogP contribution is 2.44. The maximum absolute atomic E-state index is 11.9. The van der Waals surface area contributed by atoms with Crippen LogP contribution in [0.5, 0.6) is 5.75 Å². The third-order valence-electron chi connectivity index (χ3n) is 4.87. The van der Waals surface area contributed by atoms with Crippen LogP contribution < -0.4 is 4.74 Å². The van der Waals surface area contributed by atoms with Crippen LogP contribution in [0.15, 0.2) is 42.5 Å². The molecule has 0 aliphatic heterocycles. The first-order chi connectivity index (χ1) is 11.5. The van der Waals surface area contributed by atoms with E-state index in [1.54, 1.807) is 6.07 Å². The summed E-state index contributed by atoms with van der Waals surface area (Å²) in [5.74, 6) is -0.128. The first kappa shape index (κ1) is 16.8. The molecule has 1 N–H and O–H groups in total. The molecule has 0 bridgehead atoms. The molecule has 0 saturated heterocycles. The minimum atomic E-state index is -0.799. The van der Waals surface area contributed by atoms with Crippen molar-refractivity contribution in [3.63, 3.8) is 0 Å². The molecule has 1 aliphatic carbocycles. The standard InChI is InChI=1S/C20H21ClO3/c1-14-11-16(20(19(22)23)9-5-6-10-20)12-17(21)18(14)24-13-15-7-3-2-4-8-15/h2-4,7-8,11-12H,5-6,9-10,13H2,1H3,(H,22,23). The maximum Gasteiger partial charge on any atom is 0.314 e. The van der Waals surface area contributed by atoms with Gasteiger partial charge in [-0.3, -0.25) is 4.79 Å². The molecule has 0 amide bonds. The summed E-state index contributed by atoms with van der Waals surface area (Å²) in [6, 6.07) is 13.6. The molecule has 0 heterocycles. The topological polar surface area (TPSA) is 46.5 Å². The smallest absolute Gasteiger partial charge is 0.314 e. The fourth-order valence-corrected chi connectivity index (χ4v) is 3.85. The van der Waals surface area contributed by atoms with Gasteiger partial charge in [0.2, 0.25) is 0 Å². The number of carboxylic acids is 1. The molecule has 0 radical (unpaired) electrons. The SMILES string of the molecule is Cc1cc(C2(C(=O)O)CCCC2)cc(Cl)c1OCc1ccccc1.